The highest BCUT2D eigenvalue weighted by Crippen LogP contribution is 2.33. The minimum atomic E-state index is -1.80. The summed E-state index contributed by atoms with van der Waals surface area (Å²) < 4.78 is 16.1. The van der Waals surface area contributed by atoms with Gasteiger partial charge in [-0.05, 0) is 42.8 Å². The van der Waals surface area contributed by atoms with E-state index >= 15 is 0 Å². The molecule has 8 nitrogen and oxygen atoms in total. The largest absolute Gasteiger partial charge is 0.481 e. The van der Waals surface area contributed by atoms with Crippen LogP contribution in [0.5, 0.6) is 5.75 Å². The second-order valence-corrected chi connectivity index (χ2v) is 8.57. The first-order valence-corrected chi connectivity index (χ1v) is 12.0. The van der Waals surface area contributed by atoms with Crippen LogP contribution in [0.1, 0.15) is 18.1 Å². The smallest absolute Gasteiger partial charge is 0.419 e. The second kappa shape index (κ2) is 11.7. The number of amides is 1. The molecule has 0 aliphatic heterocycles. The minimum absolute atomic E-state index is 0.0168. The summed E-state index contributed by atoms with van der Waals surface area (Å²) in [5, 5.41) is 22.2. The molecule has 0 spiro atoms. The molecule has 8 heteroatoms. The maximum absolute atomic E-state index is 13.3. The summed E-state index contributed by atoms with van der Waals surface area (Å²) >= 11 is 0. The number of nitrogens with zero attached hydrogens (tertiary/aromatic N) is 1. The summed E-state index contributed by atoms with van der Waals surface area (Å²) in [6.07, 6.45) is 1.01. The van der Waals surface area contributed by atoms with Crippen molar-refractivity contribution >= 4 is 29.5 Å². The Bertz CT molecular complexity index is 1210. The molecular formula is C29H29NO7. The number of carbonyl (C=O) groups is 2. The Kier molecular flexibility index (Phi) is 8.22. The lowest BCUT2D eigenvalue weighted by molar-refractivity contribution is -0.145. The lowest BCUT2D eigenvalue weighted by Crippen LogP contribution is -2.48. The third kappa shape index (κ3) is 6.17. The zero-order valence-corrected chi connectivity index (χ0v) is 20.4. The van der Waals surface area contributed by atoms with Crippen molar-refractivity contribution in [1.82, 2.24) is 0 Å². The molecule has 0 aromatic heterocycles. The summed E-state index contributed by atoms with van der Waals surface area (Å²) in [7, 11) is 0. The summed E-state index contributed by atoms with van der Waals surface area (Å²) in [4.78, 5) is 26.4. The molecule has 0 bridgehead atoms. The van der Waals surface area contributed by atoms with E-state index < -0.39 is 30.4 Å². The summed E-state index contributed by atoms with van der Waals surface area (Å²) in [6, 6.07) is 23.2. The summed E-state index contributed by atoms with van der Waals surface area (Å²) in [5.74, 6) is -0.0860. The van der Waals surface area contributed by atoms with Crippen molar-refractivity contribution in [3.05, 3.63) is 96.1 Å². The average Bonchev–Trinajstić information content (AvgIpc) is 3.04. The van der Waals surface area contributed by atoms with Gasteiger partial charge in [0.25, 0.3) is 0 Å². The van der Waals surface area contributed by atoms with E-state index in [9.17, 15) is 19.8 Å². The van der Waals surface area contributed by atoms with Crippen molar-refractivity contribution in [2.75, 3.05) is 24.7 Å². The van der Waals surface area contributed by atoms with Crippen molar-refractivity contribution in [1.29, 1.82) is 0 Å². The fraction of sp³-hybridized carbons (Fsp3) is 0.241. The van der Waals surface area contributed by atoms with E-state index in [2.05, 4.69) is 0 Å². The van der Waals surface area contributed by atoms with E-state index in [1.807, 2.05) is 36.4 Å². The molecule has 2 atom stereocenters. The number of para-hydroxylation sites is 2. The first-order valence-electron chi connectivity index (χ1n) is 12.0. The first kappa shape index (κ1) is 25.9. The molecule has 1 amide bonds. The normalized spacial score (nSPS) is 18.3. The van der Waals surface area contributed by atoms with Gasteiger partial charge in [0, 0.05) is 12.0 Å². The number of carbonyl (C=O) groups excluding carboxylic acids is 2. The van der Waals surface area contributed by atoms with Crippen LogP contribution in [0.3, 0.4) is 0 Å². The molecule has 0 saturated heterocycles. The number of ether oxygens (including phenoxy) is 3. The molecule has 192 valence electrons. The number of hydrogen-bond donors (Lipinski definition) is 2. The van der Waals surface area contributed by atoms with Crippen molar-refractivity contribution < 1.29 is 34.0 Å². The number of anilines is 2. The van der Waals surface area contributed by atoms with Gasteiger partial charge in [-0.25, -0.2) is 14.5 Å². The van der Waals surface area contributed by atoms with E-state index in [0.717, 1.165) is 0 Å². The van der Waals surface area contributed by atoms with E-state index in [0.29, 0.717) is 28.3 Å². The summed E-state index contributed by atoms with van der Waals surface area (Å²) in [5.41, 5.74) is 0.677. The van der Waals surface area contributed by atoms with Gasteiger partial charge in [0.15, 0.2) is 6.61 Å². The van der Waals surface area contributed by atoms with Crippen molar-refractivity contribution in [2.24, 2.45) is 0 Å². The van der Waals surface area contributed by atoms with E-state index in [1.165, 1.54) is 11.0 Å². The van der Waals surface area contributed by atoms with E-state index in [4.69, 9.17) is 14.2 Å². The second-order valence-electron chi connectivity index (χ2n) is 8.57. The molecule has 37 heavy (non-hydrogen) atoms. The van der Waals surface area contributed by atoms with Crippen molar-refractivity contribution in [2.45, 2.75) is 25.0 Å². The van der Waals surface area contributed by atoms with Gasteiger partial charge in [-0.3, -0.25) is 0 Å². The zero-order valence-electron chi connectivity index (χ0n) is 20.4. The molecule has 0 heterocycles. The number of esters is 1. The Morgan fingerprint density at radius 3 is 2.22 bits per heavy atom. The predicted octanol–water partition coefficient (Wildman–Crippen LogP) is 4.26. The van der Waals surface area contributed by atoms with Gasteiger partial charge in [-0.15, -0.1) is 0 Å². The van der Waals surface area contributed by atoms with Gasteiger partial charge < -0.3 is 24.4 Å². The highest BCUT2D eigenvalue weighted by Gasteiger charge is 2.39. The molecule has 4 rings (SSSR count). The third-order valence-corrected chi connectivity index (χ3v) is 5.96. The van der Waals surface area contributed by atoms with Crippen LogP contribution >= 0.6 is 0 Å². The lowest BCUT2D eigenvalue weighted by atomic mass is 9.90. The Labute approximate surface area is 215 Å². The topological polar surface area (TPSA) is 106 Å². The van der Waals surface area contributed by atoms with Crippen LogP contribution in [0.25, 0.3) is 6.08 Å². The molecule has 2 unspecified atom stereocenters. The Hall–Kier alpha value is -4.14. The van der Waals surface area contributed by atoms with Crippen LogP contribution in [0.4, 0.5) is 16.2 Å². The number of aliphatic hydroxyl groups excluding tert-OH is 1. The quantitative estimate of drug-likeness (QED) is 0.443. The minimum Gasteiger partial charge on any atom is -0.481 e. The molecule has 3 aromatic carbocycles. The Morgan fingerprint density at radius 1 is 0.946 bits per heavy atom. The number of benzene rings is 3. The molecule has 2 N–H and O–H groups in total. The molecule has 1 aliphatic carbocycles. The Morgan fingerprint density at radius 2 is 1.59 bits per heavy atom. The maximum Gasteiger partial charge on any atom is 0.419 e. The molecular weight excluding hydrogens is 474 g/mol. The van der Waals surface area contributed by atoms with Crippen LogP contribution < -0.4 is 9.64 Å². The van der Waals surface area contributed by atoms with Crippen LogP contribution in [-0.4, -0.2) is 53.8 Å². The van der Waals surface area contributed by atoms with E-state index in [1.54, 1.807) is 55.5 Å². The highest BCUT2D eigenvalue weighted by atomic mass is 16.6. The average molecular weight is 504 g/mol. The van der Waals surface area contributed by atoms with E-state index in [-0.39, 0.29) is 19.6 Å². The van der Waals surface area contributed by atoms with Crippen LogP contribution in [0, 0.1) is 0 Å². The Balaban J connectivity index is 1.52. The fourth-order valence-corrected chi connectivity index (χ4v) is 4.10. The molecule has 0 radical (unpaired) electrons. The number of rotatable bonds is 8. The molecule has 0 fully saturated rings. The van der Waals surface area contributed by atoms with Crippen LogP contribution in [0.2, 0.25) is 0 Å². The van der Waals surface area contributed by atoms with Crippen molar-refractivity contribution in [3.8, 4) is 5.75 Å². The van der Waals surface area contributed by atoms with Gasteiger partial charge in [0.1, 0.15) is 24.1 Å². The number of hydrogen-bond acceptors (Lipinski definition) is 7. The maximum atomic E-state index is 13.3. The van der Waals surface area contributed by atoms with Crippen LogP contribution in [0.15, 0.2) is 84.9 Å². The molecule has 3 aromatic rings. The standard InChI is InChI=1S/C29H29NO7/c1-2-35-27(32)19-36-25-15-9-10-21-18-29(34,26(31)17-16-24(21)25)20-37-28(33)30(22-11-5-3-6-12-22)23-13-7-4-8-14-23/h3-17,26,31,34H,2,18-20H2,1H3. The van der Waals surface area contributed by atoms with Gasteiger partial charge >= 0.3 is 12.1 Å². The van der Waals surface area contributed by atoms with Crippen LogP contribution in [-0.2, 0) is 20.7 Å². The molecule has 0 saturated carbocycles. The first-order chi connectivity index (χ1) is 17.9. The number of fused-ring (bicyclic) bond motifs is 1. The summed E-state index contributed by atoms with van der Waals surface area (Å²) in [6.45, 7) is 1.24. The third-order valence-electron chi connectivity index (χ3n) is 5.96. The van der Waals surface area contributed by atoms with Gasteiger partial charge in [-0.1, -0.05) is 60.7 Å². The highest BCUT2D eigenvalue weighted by molar-refractivity contribution is 5.95. The molecule has 1 aliphatic rings. The fourth-order valence-electron chi connectivity index (χ4n) is 4.10. The predicted molar refractivity (Wildman–Crippen MR) is 139 cm³/mol. The lowest BCUT2D eigenvalue weighted by Gasteiger charge is -2.31. The van der Waals surface area contributed by atoms with Crippen molar-refractivity contribution in [3.63, 3.8) is 0 Å². The van der Waals surface area contributed by atoms with Gasteiger partial charge in [0.2, 0.25) is 0 Å². The zero-order chi connectivity index (χ0) is 26.3. The van der Waals surface area contributed by atoms with Gasteiger partial charge in [-0.2, -0.15) is 0 Å². The monoisotopic (exact) mass is 503 g/mol. The SMILES string of the molecule is CCOC(=O)COc1cccc2c1C=CC(O)C(O)(COC(=O)N(c1ccccc1)c1ccccc1)C2. The van der Waals surface area contributed by atoms with Gasteiger partial charge in [0.05, 0.1) is 18.0 Å². The number of aliphatic hydroxyl groups is 2.